The van der Waals surface area contributed by atoms with E-state index in [4.69, 9.17) is 0 Å². The maximum atomic E-state index is 11.3. The number of carboxylic acid groups (broad SMARTS) is 1. The van der Waals surface area contributed by atoms with E-state index in [1.165, 1.54) is 11.3 Å². The van der Waals surface area contributed by atoms with Gasteiger partial charge in [-0.1, -0.05) is 22.0 Å². The first-order chi connectivity index (χ1) is 9.06. The lowest BCUT2D eigenvalue weighted by molar-refractivity contribution is 0.0700. The van der Waals surface area contributed by atoms with E-state index >= 15 is 0 Å². The lowest BCUT2D eigenvalue weighted by Crippen LogP contribution is -1.97. The zero-order valence-electron chi connectivity index (χ0n) is 10.3. The van der Waals surface area contributed by atoms with Gasteiger partial charge in [0.1, 0.15) is 9.88 Å². The fourth-order valence-corrected chi connectivity index (χ4v) is 3.66. The molecule has 19 heavy (non-hydrogen) atoms. The lowest BCUT2D eigenvalue weighted by atomic mass is 10.1. The molecule has 1 N–H and O–H groups in total. The van der Waals surface area contributed by atoms with Gasteiger partial charge in [0.15, 0.2) is 0 Å². The summed E-state index contributed by atoms with van der Waals surface area (Å²) in [5.74, 6) is -0.507. The fourth-order valence-electron chi connectivity index (χ4n) is 2.10. The SMILES string of the molecule is Cc1cc(Br)ccc1-c1nc(C2CC2)c(C(=O)O)s1. The van der Waals surface area contributed by atoms with E-state index in [0.29, 0.717) is 10.8 Å². The molecule has 3 rings (SSSR count). The van der Waals surface area contributed by atoms with Gasteiger partial charge in [0.25, 0.3) is 0 Å². The topological polar surface area (TPSA) is 50.2 Å². The van der Waals surface area contributed by atoms with Crippen LogP contribution in [-0.2, 0) is 0 Å². The van der Waals surface area contributed by atoms with E-state index in [9.17, 15) is 9.90 Å². The molecule has 0 bridgehead atoms. The summed E-state index contributed by atoms with van der Waals surface area (Å²) in [6.45, 7) is 2.01. The molecule has 0 atom stereocenters. The Morgan fingerprint density at radius 2 is 2.21 bits per heavy atom. The van der Waals surface area contributed by atoms with E-state index in [1.807, 2.05) is 25.1 Å². The van der Waals surface area contributed by atoms with Crippen LogP contribution in [0.25, 0.3) is 10.6 Å². The van der Waals surface area contributed by atoms with Crippen molar-refractivity contribution in [1.82, 2.24) is 4.98 Å². The molecule has 0 saturated heterocycles. The average molecular weight is 338 g/mol. The first kappa shape index (κ1) is 12.8. The van der Waals surface area contributed by atoms with Gasteiger partial charge in [-0.15, -0.1) is 11.3 Å². The molecular weight excluding hydrogens is 326 g/mol. The molecule has 0 radical (unpaired) electrons. The third kappa shape index (κ3) is 2.44. The highest BCUT2D eigenvalue weighted by Crippen LogP contribution is 2.44. The van der Waals surface area contributed by atoms with Gasteiger partial charge in [0.05, 0.1) is 5.69 Å². The van der Waals surface area contributed by atoms with Gasteiger partial charge >= 0.3 is 5.97 Å². The quantitative estimate of drug-likeness (QED) is 0.899. The number of thiazole rings is 1. The van der Waals surface area contributed by atoms with Crippen molar-refractivity contribution in [2.45, 2.75) is 25.7 Å². The Morgan fingerprint density at radius 1 is 1.47 bits per heavy atom. The van der Waals surface area contributed by atoms with Crippen LogP contribution in [0.4, 0.5) is 0 Å². The van der Waals surface area contributed by atoms with E-state index in [2.05, 4.69) is 20.9 Å². The standard InChI is InChI=1S/C14H12BrNO2S/c1-7-6-9(15)4-5-10(7)13-16-11(8-2-3-8)12(19-13)14(17)18/h4-6,8H,2-3H2,1H3,(H,17,18). The number of aromatic nitrogens is 1. The van der Waals surface area contributed by atoms with Crippen LogP contribution in [0.3, 0.4) is 0 Å². The molecule has 0 amide bonds. The molecule has 1 aliphatic carbocycles. The van der Waals surface area contributed by atoms with Crippen molar-refractivity contribution in [2.75, 3.05) is 0 Å². The monoisotopic (exact) mass is 337 g/mol. The highest BCUT2D eigenvalue weighted by atomic mass is 79.9. The summed E-state index contributed by atoms with van der Waals surface area (Å²) >= 11 is 4.72. The largest absolute Gasteiger partial charge is 0.477 e. The van der Waals surface area contributed by atoms with Crippen molar-refractivity contribution >= 4 is 33.2 Å². The van der Waals surface area contributed by atoms with E-state index in [-0.39, 0.29) is 0 Å². The molecule has 1 aliphatic rings. The van der Waals surface area contributed by atoms with Crippen LogP contribution in [0.1, 0.15) is 39.7 Å². The molecule has 98 valence electrons. The number of carboxylic acids is 1. The predicted molar refractivity (Wildman–Crippen MR) is 78.9 cm³/mol. The summed E-state index contributed by atoms with van der Waals surface area (Å²) in [6.07, 6.45) is 2.12. The molecule has 1 heterocycles. The third-order valence-electron chi connectivity index (χ3n) is 3.23. The summed E-state index contributed by atoms with van der Waals surface area (Å²) in [4.78, 5) is 16.3. The van der Waals surface area contributed by atoms with Gasteiger partial charge in [-0.3, -0.25) is 0 Å². The normalized spacial score (nSPS) is 14.6. The summed E-state index contributed by atoms with van der Waals surface area (Å²) in [5.41, 5.74) is 2.89. The number of hydrogen-bond acceptors (Lipinski definition) is 3. The minimum atomic E-state index is -0.861. The van der Waals surface area contributed by atoms with Crippen LogP contribution in [0.15, 0.2) is 22.7 Å². The van der Waals surface area contributed by atoms with Gasteiger partial charge in [0, 0.05) is 16.0 Å². The second-order valence-electron chi connectivity index (χ2n) is 4.77. The number of aryl methyl sites for hydroxylation is 1. The molecule has 0 unspecified atom stereocenters. The van der Waals surface area contributed by atoms with Crippen molar-refractivity contribution in [1.29, 1.82) is 0 Å². The predicted octanol–water partition coefficient (Wildman–Crippen LogP) is 4.46. The van der Waals surface area contributed by atoms with Crippen molar-refractivity contribution in [3.63, 3.8) is 0 Å². The Balaban J connectivity index is 2.10. The van der Waals surface area contributed by atoms with E-state index in [0.717, 1.165) is 39.1 Å². The zero-order valence-corrected chi connectivity index (χ0v) is 12.7. The number of aromatic carboxylic acids is 1. The molecule has 1 aromatic carbocycles. The Bertz CT molecular complexity index is 661. The second-order valence-corrected chi connectivity index (χ2v) is 6.69. The maximum Gasteiger partial charge on any atom is 0.347 e. The number of nitrogens with zero attached hydrogens (tertiary/aromatic N) is 1. The lowest BCUT2D eigenvalue weighted by Gasteiger charge is -2.02. The molecular formula is C14H12BrNO2S. The molecule has 1 saturated carbocycles. The smallest absolute Gasteiger partial charge is 0.347 e. The van der Waals surface area contributed by atoms with Crippen molar-refractivity contribution in [3.05, 3.63) is 38.8 Å². The average Bonchev–Trinajstić information content (AvgIpc) is 3.09. The summed E-state index contributed by atoms with van der Waals surface area (Å²) in [5, 5.41) is 10.1. The summed E-state index contributed by atoms with van der Waals surface area (Å²) < 4.78 is 1.02. The molecule has 3 nitrogen and oxygen atoms in total. The fraction of sp³-hybridized carbons (Fsp3) is 0.286. The highest BCUT2D eigenvalue weighted by molar-refractivity contribution is 9.10. The van der Waals surface area contributed by atoms with Gasteiger partial charge in [0.2, 0.25) is 0 Å². The summed E-state index contributed by atoms with van der Waals surface area (Å²) in [7, 11) is 0. The van der Waals surface area contributed by atoms with Crippen molar-refractivity contribution in [2.24, 2.45) is 0 Å². The molecule has 2 aromatic rings. The van der Waals surface area contributed by atoms with Gasteiger partial charge < -0.3 is 5.11 Å². The van der Waals surface area contributed by atoms with E-state index < -0.39 is 5.97 Å². The maximum absolute atomic E-state index is 11.3. The van der Waals surface area contributed by atoms with Crippen LogP contribution < -0.4 is 0 Å². The van der Waals surface area contributed by atoms with Gasteiger partial charge in [-0.05, 0) is 37.5 Å². The van der Waals surface area contributed by atoms with Crippen LogP contribution in [0.5, 0.6) is 0 Å². The Labute approximate surface area is 123 Å². The number of carbonyl (C=O) groups is 1. The Morgan fingerprint density at radius 3 is 2.79 bits per heavy atom. The molecule has 1 fully saturated rings. The number of halogens is 1. The minimum absolute atomic E-state index is 0.354. The van der Waals surface area contributed by atoms with Crippen molar-refractivity contribution < 1.29 is 9.90 Å². The number of hydrogen-bond donors (Lipinski definition) is 1. The molecule has 0 spiro atoms. The zero-order chi connectivity index (χ0) is 13.6. The highest BCUT2D eigenvalue weighted by Gasteiger charge is 2.32. The minimum Gasteiger partial charge on any atom is -0.477 e. The van der Waals surface area contributed by atoms with Crippen LogP contribution >= 0.6 is 27.3 Å². The number of benzene rings is 1. The molecule has 1 aromatic heterocycles. The van der Waals surface area contributed by atoms with E-state index in [1.54, 1.807) is 0 Å². The summed E-state index contributed by atoms with van der Waals surface area (Å²) in [6, 6.07) is 5.97. The third-order valence-corrected chi connectivity index (χ3v) is 4.82. The number of rotatable bonds is 3. The Hall–Kier alpha value is -1.20. The van der Waals surface area contributed by atoms with Crippen molar-refractivity contribution in [3.8, 4) is 10.6 Å². The molecule has 0 aliphatic heterocycles. The second kappa shape index (κ2) is 4.72. The van der Waals surface area contributed by atoms with Crippen LogP contribution in [0.2, 0.25) is 0 Å². The van der Waals surface area contributed by atoms with Gasteiger partial charge in [-0.2, -0.15) is 0 Å². The first-order valence-corrected chi connectivity index (χ1v) is 7.67. The van der Waals surface area contributed by atoms with Crippen LogP contribution in [-0.4, -0.2) is 16.1 Å². The first-order valence-electron chi connectivity index (χ1n) is 6.07. The molecule has 5 heteroatoms. The van der Waals surface area contributed by atoms with Crippen LogP contribution in [0, 0.1) is 6.92 Å². The Kier molecular flexibility index (Phi) is 3.19. The van der Waals surface area contributed by atoms with Gasteiger partial charge in [-0.25, -0.2) is 9.78 Å².